The van der Waals surface area contributed by atoms with Crippen molar-refractivity contribution in [1.29, 1.82) is 0 Å². The van der Waals surface area contributed by atoms with Gasteiger partial charge in [0.1, 0.15) is 5.75 Å². The Balaban J connectivity index is 1.90. The zero-order valence-corrected chi connectivity index (χ0v) is 12.4. The van der Waals surface area contributed by atoms with Crippen LogP contribution in [0.5, 0.6) is 0 Å². The lowest BCUT2D eigenvalue weighted by atomic mass is 10.1. The fourth-order valence-electron chi connectivity index (χ4n) is 2.41. The van der Waals surface area contributed by atoms with Crippen LogP contribution in [0.3, 0.4) is 0 Å². The number of fused-ring (bicyclic) bond motifs is 1. The third kappa shape index (κ3) is 3.13. The maximum atomic E-state index is 12.3. The summed E-state index contributed by atoms with van der Waals surface area (Å²) in [6.45, 7) is 1.77. The van der Waals surface area contributed by atoms with Gasteiger partial charge in [0.2, 0.25) is 0 Å². The Morgan fingerprint density at radius 3 is 2.57 bits per heavy atom. The molecule has 2 aromatic carbocycles. The van der Waals surface area contributed by atoms with E-state index >= 15 is 0 Å². The number of rotatable bonds is 4. The van der Waals surface area contributed by atoms with Crippen LogP contribution < -0.4 is 0 Å². The zero-order chi connectivity index (χ0) is 14.9. The summed E-state index contributed by atoms with van der Waals surface area (Å²) in [6.07, 6.45) is 0. The molecule has 0 aliphatic heterocycles. The van der Waals surface area contributed by atoms with E-state index in [0.29, 0.717) is 11.5 Å². The molecule has 0 saturated heterocycles. The molecule has 0 amide bonds. The summed E-state index contributed by atoms with van der Waals surface area (Å²) in [5.41, 5.74) is 1.50. The molecule has 0 fully saturated rings. The summed E-state index contributed by atoms with van der Waals surface area (Å²) in [5, 5.41) is 5.73. The standard InChI is InChI=1S/C16H15NO3S/c1-12-9-15(20-17-12)11-21(18,19)10-14-7-4-6-13-5-2-3-8-16(13)14/h2-9H,10-11H2,1H3. The van der Waals surface area contributed by atoms with Gasteiger partial charge in [-0.15, -0.1) is 0 Å². The lowest BCUT2D eigenvalue weighted by molar-refractivity contribution is 0.388. The molecule has 1 heterocycles. The Morgan fingerprint density at radius 1 is 1.05 bits per heavy atom. The minimum atomic E-state index is -3.30. The van der Waals surface area contributed by atoms with Gasteiger partial charge in [0.25, 0.3) is 0 Å². The maximum Gasteiger partial charge on any atom is 0.161 e. The van der Waals surface area contributed by atoms with Gasteiger partial charge in [-0.25, -0.2) is 8.42 Å². The van der Waals surface area contributed by atoms with E-state index in [0.717, 1.165) is 16.3 Å². The second kappa shape index (κ2) is 5.33. The van der Waals surface area contributed by atoms with Gasteiger partial charge in [-0.3, -0.25) is 0 Å². The van der Waals surface area contributed by atoms with Crippen molar-refractivity contribution in [2.75, 3.05) is 0 Å². The second-order valence-electron chi connectivity index (χ2n) is 5.11. The van der Waals surface area contributed by atoms with Gasteiger partial charge < -0.3 is 4.52 Å². The summed E-state index contributed by atoms with van der Waals surface area (Å²) in [6, 6.07) is 15.1. The van der Waals surface area contributed by atoms with E-state index in [4.69, 9.17) is 4.52 Å². The molecule has 0 atom stereocenters. The average molecular weight is 301 g/mol. The summed E-state index contributed by atoms with van der Waals surface area (Å²) >= 11 is 0. The number of hydrogen-bond acceptors (Lipinski definition) is 4. The molecule has 3 rings (SSSR count). The highest BCUT2D eigenvalue weighted by molar-refractivity contribution is 7.89. The first-order chi connectivity index (χ1) is 10.0. The van der Waals surface area contributed by atoms with E-state index in [1.807, 2.05) is 42.5 Å². The SMILES string of the molecule is Cc1cc(CS(=O)(=O)Cc2cccc3ccccc23)on1. The van der Waals surface area contributed by atoms with Crippen LogP contribution in [0, 0.1) is 6.92 Å². The number of aryl methyl sites for hydroxylation is 1. The molecule has 4 nitrogen and oxygen atoms in total. The van der Waals surface area contributed by atoms with Gasteiger partial charge in [-0.1, -0.05) is 47.6 Å². The summed E-state index contributed by atoms with van der Waals surface area (Å²) in [5.74, 6) is 0.248. The highest BCUT2D eigenvalue weighted by Gasteiger charge is 2.17. The lowest BCUT2D eigenvalue weighted by Crippen LogP contribution is -2.07. The Hall–Kier alpha value is -2.14. The van der Waals surface area contributed by atoms with Crippen LogP contribution in [0.2, 0.25) is 0 Å². The van der Waals surface area contributed by atoms with Crippen molar-refractivity contribution < 1.29 is 12.9 Å². The Morgan fingerprint density at radius 2 is 1.81 bits per heavy atom. The van der Waals surface area contributed by atoms with Gasteiger partial charge in [-0.05, 0) is 23.3 Å². The quantitative estimate of drug-likeness (QED) is 0.742. The number of nitrogens with zero attached hydrogens (tertiary/aromatic N) is 1. The second-order valence-corrected chi connectivity index (χ2v) is 7.17. The van der Waals surface area contributed by atoms with Crippen molar-refractivity contribution in [2.45, 2.75) is 18.4 Å². The van der Waals surface area contributed by atoms with E-state index in [9.17, 15) is 8.42 Å². The van der Waals surface area contributed by atoms with Crippen LogP contribution in [0.15, 0.2) is 53.1 Å². The van der Waals surface area contributed by atoms with Crippen LogP contribution in [-0.2, 0) is 21.3 Å². The molecule has 0 aliphatic rings. The zero-order valence-electron chi connectivity index (χ0n) is 11.6. The van der Waals surface area contributed by atoms with Crippen LogP contribution in [0.25, 0.3) is 10.8 Å². The van der Waals surface area contributed by atoms with Crippen molar-refractivity contribution in [3.8, 4) is 0 Å². The third-order valence-corrected chi connectivity index (χ3v) is 4.77. The molecule has 0 radical (unpaired) electrons. The predicted molar refractivity (Wildman–Crippen MR) is 81.5 cm³/mol. The molecule has 0 saturated carbocycles. The first kappa shape index (κ1) is 13.8. The molecule has 0 spiro atoms. The minimum absolute atomic E-state index is 0.00585. The van der Waals surface area contributed by atoms with Crippen LogP contribution >= 0.6 is 0 Å². The van der Waals surface area contributed by atoms with Crippen molar-refractivity contribution in [1.82, 2.24) is 5.16 Å². The molecule has 108 valence electrons. The third-order valence-electron chi connectivity index (χ3n) is 3.29. The smallest absolute Gasteiger partial charge is 0.161 e. The summed E-state index contributed by atoms with van der Waals surface area (Å²) in [4.78, 5) is 0. The number of sulfone groups is 1. The summed E-state index contributed by atoms with van der Waals surface area (Å²) < 4.78 is 29.7. The number of aromatic nitrogens is 1. The van der Waals surface area contributed by atoms with Crippen molar-refractivity contribution in [3.05, 3.63) is 65.5 Å². The van der Waals surface area contributed by atoms with Gasteiger partial charge in [0, 0.05) is 6.07 Å². The van der Waals surface area contributed by atoms with Crippen LogP contribution in [0.4, 0.5) is 0 Å². The molecular formula is C16H15NO3S. The van der Waals surface area contributed by atoms with E-state index in [2.05, 4.69) is 5.16 Å². The van der Waals surface area contributed by atoms with Crippen molar-refractivity contribution in [3.63, 3.8) is 0 Å². The average Bonchev–Trinajstić information content (AvgIpc) is 2.83. The van der Waals surface area contributed by atoms with Gasteiger partial charge in [0.15, 0.2) is 15.6 Å². The molecule has 0 aliphatic carbocycles. The van der Waals surface area contributed by atoms with E-state index in [1.165, 1.54) is 0 Å². The van der Waals surface area contributed by atoms with E-state index in [-0.39, 0.29) is 11.5 Å². The monoisotopic (exact) mass is 301 g/mol. The molecule has 3 aromatic rings. The first-order valence-corrected chi connectivity index (χ1v) is 8.45. The van der Waals surface area contributed by atoms with Gasteiger partial charge >= 0.3 is 0 Å². The fourth-order valence-corrected chi connectivity index (χ4v) is 3.80. The molecule has 1 aromatic heterocycles. The van der Waals surface area contributed by atoms with Crippen molar-refractivity contribution >= 4 is 20.6 Å². The molecule has 0 N–H and O–H groups in total. The number of hydrogen-bond donors (Lipinski definition) is 0. The maximum absolute atomic E-state index is 12.3. The van der Waals surface area contributed by atoms with Gasteiger partial charge in [-0.2, -0.15) is 0 Å². The molecular weight excluding hydrogens is 286 g/mol. The minimum Gasteiger partial charge on any atom is -0.360 e. The van der Waals surface area contributed by atoms with E-state index < -0.39 is 9.84 Å². The van der Waals surface area contributed by atoms with Gasteiger partial charge in [0.05, 0.1) is 11.4 Å². The van der Waals surface area contributed by atoms with E-state index in [1.54, 1.807) is 13.0 Å². The molecule has 5 heteroatoms. The molecule has 0 unspecified atom stereocenters. The predicted octanol–water partition coefficient (Wildman–Crippen LogP) is 3.25. The Labute approximate surface area is 123 Å². The van der Waals surface area contributed by atoms with Crippen LogP contribution in [-0.4, -0.2) is 13.6 Å². The molecule has 21 heavy (non-hydrogen) atoms. The Bertz CT molecular complexity index is 876. The Kier molecular flexibility index (Phi) is 3.51. The summed E-state index contributed by atoms with van der Waals surface area (Å²) in [7, 11) is -3.30. The largest absolute Gasteiger partial charge is 0.360 e. The fraction of sp³-hybridized carbons (Fsp3) is 0.188. The topological polar surface area (TPSA) is 60.2 Å². The van der Waals surface area contributed by atoms with Crippen LogP contribution in [0.1, 0.15) is 17.0 Å². The lowest BCUT2D eigenvalue weighted by Gasteiger charge is -2.06. The number of benzene rings is 2. The van der Waals surface area contributed by atoms with Crippen molar-refractivity contribution in [2.24, 2.45) is 0 Å². The molecule has 0 bridgehead atoms. The highest BCUT2D eigenvalue weighted by atomic mass is 32.2. The normalized spacial score (nSPS) is 11.9. The first-order valence-electron chi connectivity index (χ1n) is 6.63. The highest BCUT2D eigenvalue weighted by Crippen LogP contribution is 2.22.